The van der Waals surface area contributed by atoms with E-state index in [2.05, 4.69) is 44.0 Å². The lowest BCUT2D eigenvalue weighted by molar-refractivity contribution is 0.0948. The van der Waals surface area contributed by atoms with Crippen molar-refractivity contribution >= 4 is 34.5 Å². The molecule has 7 heteroatoms. The fraction of sp³-hybridized carbons (Fsp3) is 0.182. The van der Waals surface area contributed by atoms with Crippen molar-refractivity contribution in [3.63, 3.8) is 0 Å². The molecule has 5 nitrogen and oxygen atoms in total. The Balaban J connectivity index is 2.05. The van der Waals surface area contributed by atoms with Crippen LogP contribution in [-0.2, 0) is 6.54 Å². The van der Waals surface area contributed by atoms with Crippen molar-refractivity contribution in [2.45, 2.75) is 18.4 Å². The highest BCUT2D eigenvalue weighted by atomic mass is 79.9. The number of carbonyl (C=O) groups excluding carboxylic acids is 1. The van der Waals surface area contributed by atoms with Crippen LogP contribution < -0.4 is 5.32 Å². The zero-order valence-electron chi connectivity index (χ0n) is 9.48. The van der Waals surface area contributed by atoms with Crippen LogP contribution in [0.5, 0.6) is 0 Å². The second-order valence-electron chi connectivity index (χ2n) is 3.58. The summed E-state index contributed by atoms with van der Waals surface area (Å²) in [4.78, 5) is 16.7. The summed E-state index contributed by atoms with van der Waals surface area (Å²) >= 11 is 7.51. The van der Waals surface area contributed by atoms with Gasteiger partial charge in [-0.2, -0.15) is 4.98 Å². The van der Waals surface area contributed by atoms with E-state index in [4.69, 9.17) is 4.52 Å². The van der Waals surface area contributed by atoms with Crippen LogP contribution >= 0.6 is 28.6 Å². The fourth-order valence-electron chi connectivity index (χ4n) is 1.35. The molecule has 1 amide bonds. The van der Waals surface area contributed by atoms with E-state index >= 15 is 0 Å². The Kier molecular flexibility index (Phi) is 4.03. The number of rotatable bonds is 3. The molecule has 1 aromatic heterocycles. The van der Waals surface area contributed by atoms with Gasteiger partial charge in [0.05, 0.1) is 12.1 Å². The highest BCUT2D eigenvalue weighted by Crippen LogP contribution is 2.20. The summed E-state index contributed by atoms with van der Waals surface area (Å²) in [6.07, 6.45) is 0. The number of hydrogen-bond acceptors (Lipinski definition) is 5. The topological polar surface area (TPSA) is 68.0 Å². The molecule has 0 saturated carbocycles. The largest absolute Gasteiger partial charge is 0.345 e. The minimum atomic E-state index is -0.222. The van der Waals surface area contributed by atoms with Crippen LogP contribution in [0, 0.1) is 6.92 Å². The maximum absolute atomic E-state index is 11.9. The normalized spacial score (nSPS) is 10.4. The van der Waals surface area contributed by atoms with Gasteiger partial charge in [0.15, 0.2) is 5.82 Å². The Labute approximate surface area is 118 Å². The van der Waals surface area contributed by atoms with Gasteiger partial charge in [0.2, 0.25) is 5.89 Å². The molecule has 0 saturated heterocycles. The molecule has 1 N–H and O–H groups in total. The number of nitrogens with zero attached hydrogens (tertiary/aromatic N) is 2. The molecular formula is C11H10BrN3O2S. The molecular weight excluding hydrogens is 318 g/mol. The van der Waals surface area contributed by atoms with Gasteiger partial charge in [-0.3, -0.25) is 4.79 Å². The third-order valence-electron chi connectivity index (χ3n) is 2.17. The van der Waals surface area contributed by atoms with Gasteiger partial charge in [0.25, 0.3) is 5.91 Å². The van der Waals surface area contributed by atoms with Crippen molar-refractivity contribution in [3.8, 4) is 0 Å². The van der Waals surface area contributed by atoms with Gasteiger partial charge in [-0.25, -0.2) is 0 Å². The van der Waals surface area contributed by atoms with Gasteiger partial charge in [-0.1, -0.05) is 5.16 Å². The maximum Gasteiger partial charge on any atom is 0.252 e. The molecule has 0 radical (unpaired) electrons. The van der Waals surface area contributed by atoms with Crippen LogP contribution in [-0.4, -0.2) is 16.0 Å². The standard InChI is InChI=1S/C11H10BrN3O2S/c1-6-14-10(15-17-6)5-13-11(16)8-4-7(18)2-3-9(8)12/h2-4,18H,5H2,1H3,(H,13,16). The Morgan fingerprint density at radius 1 is 1.56 bits per heavy atom. The van der Waals surface area contributed by atoms with Crippen molar-refractivity contribution < 1.29 is 9.32 Å². The van der Waals surface area contributed by atoms with Crippen LogP contribution in [0.25, 0.3) is 0 Å². The smallest absolute Gasteiger partial charge is 0.252 e. The lowest BCUT2D eigenvalue weighted by Gasteiger charge is -2.05. The van der Waals surface area contributed by atoms with Crippen molar-refractivity contribution in [1.82, 2.24) is 15.5 Å². The Morgan fingerprint density at radius 3 is 3.00 bits per heavy atom. The first-order valence-electron chi connectivity index (χ1n) is 5.12. The molecule has 0 aliphatic carbocycles. The van der Waals surface area contributed by atoms with Gasteiger partial charge < -0.3 is 9.84 Å². The molecule has 0 atom stereocenters. The summed E-state index contributed by atoms with van der Waals surface area (Å²) < 4.78 is 5.52. The predicted octanol–water partition coefficient (Wildman–Crippen LogP) is 2.36. The van der Waals surface area contributed by atoms with Crippen LogP contribution in [0.15, 0.2) is 32.1 Å². The highest BCUT2D eigenvalue weighted by Gasteiger charge is 2.11. The predicted molar refractivity (Wildman–Crippen MR) is 71.6 cm³/mol. The number of nitrogens with one attached hydrogen (secondary N) is 1. The number of aryl methyl sites for hydroxylation is 1. The summed E-state index contributed by atoms with van der Waals surface area (Å²) in [5, 5.41) is 6.40. The van der Waals surface area contributed by atoms with E-state index in [1.54, 1.807) is 25.1 Å². The second kappa shape index (κ2) is 5.53. The summed E-state index contributed by atoms with van der Waals surface area (Å²) in [5.74, 6) is 0.692. The third kappa shape index (κ3) is 3.11. The van der Waals surface area contributed by atoms with Crippen molar-refractivity contribution in [2.24, 2.45) is 0 Å². The molecule has 0 fully saturated rings. The molecule has 1 aromatic carbocycles. The average Bonchev–Trinajstić information content (AvgIpc) is 2.75. The average molecular weight is 328 g/mol. The lowest BCUT2D eigenvalue weighted by atomic mass is 10.2. The minimum Gasteiger partial charge on any atom is -0.345 e. The lowest BCUT2D eigenvalue weighted by Crippen LogP contribution is -2.23. The first kappa shape index (κ1) is 13.1. The van der Waals surface area contributed by atoms with E-state index in [1.165, 1.54) is 0 Å². The van der Waals surface area contributed by atoms with E-state index in [1.807, 2.05) is 0 Å². The maximum atomic E-state index is 11.9. The number of halogens is 1. The molecule has 94 valence electrons. The molecule has 0 aliphatic heterocycles. The third-order valence-corrected chi connectivity index (χ3v) is 3.14. The monoisotopic (exact) mass is 327 g/mol. The Hall–Kier alpha value is -1.34. The van der Waals surface area contributed by atoms with Crippen molar-refractivity contribution in [1.29, 1.82) is 0 Å². The van der Waals surface area contributed by atoms with Gasteiger partial charge in [0.1, 0.15) is 0 Å². The van der Waals surface area contributed by atoms with Crippen LogP contribution in [0.4, 0.5) is 0 Å². The number of thiol groups is 1. The summed E-state index contributed by atoms with van der Waals surface area (Å²) in [6, 6.07) is 5.26. The molecule has 2 aromatic rings. The molecule has 18 heavy (non-hydrogen) atoms. The van der Waals surface area contributed by atoms with Crippen LogP contribution in [0.1, 0.15) is 22.1 Å². The number of benzene rings is 1. The zero-order chi connectivity index (χ0) is 13.1. The first-order valence-corrected chi connectivity index (χ1v) is 6.36. The fourth-order valence-corrected chi connectivity index (χ4v) is 1.99. The van der Waals surface area contributed by atoms with E-state index in [-0.39, 0.29) is 12.5 Å². The Morgan fingerprint density at radius 2 is 2.33 bits per heavy atom. The van der Waals surface area contributed by atoms with Crippen molar-refractivity contribution in [2.75, 3.05) is 0 Å². The van der Waals surface area contributed by atoms with Gasteiger partial charge in [-0.05, 0) is 34.1 Å². The second-order valence-corrected chi connectivity index (χ2v) is 4.95. The summed E-state index contributed by atoms with van der Waals surface area (Å²) in [5.41, 5.74) is 0.516. The van der Waals surface area contributed by atoms with Gasteiger partial charge >= 0.3 is 0 Å². The molecule has 0 bridgehead atoms. The van der Waals surface area contributed by atoms with Crippen molar-refractivity contribution in [3.05, 3.63) is 40.0 Å². The van der Waals surface area contributed by atoms with Gasteiger partial charge in [-0.15, -0.1) is 12.6 Å². The number of hydrogen-bond donors (Lipinski definition) is 2. The molecule has 1 heterocycles. The Bertz CT molecular complexity index is 585. The number of carbonyl (C=O) groups is 1. The molecule has 2 rings (SSSR count). The molecule has 0 aliphatic rings. The van der Waals surface area contributed by atoms with E-state index in [0.717, 1.165) is 4.90 Å². The quantitative estimate of drug-likeness (QED) is 0.849. The minimum absolute atomic E-state index is 0.222. The van der Waals surface area contributed by atoms with Gasteiger partial charge in [0, 0.05) is 16.3 Å². The van der Waals surface area contributed by atoms with E-state index < -0.39 is 0 Å². The first-order chi connectivity index (χ1) is 8.56. The molecule has 0 spiro atoms. The van der Waals surface area contributed by atoms with E-state index in [0.29, 0.717) is 21.8 Å². The summed E-state index contributed by atoms with van der Waals surface area (Å²) in [7, 11) is 0. The number of amides is 1. The zero-order valence-corrected chi connectivity index (χ0v) is 12.0. The van der Waals surface area contributed by atoms with Crippen LogP contribution in [0.2, 0.25) is 0 Å². The van der Waals surface area contributed by atoms with E-state index in [9.17, 15) is 4.79 Å². The number of aromatic nitrogens is 2. The highest BCUT2D eigenvalue weighted by molar-refractivity contribution is 9.10. The van der Waals surface area contributed by atoms with Crippen LogP contribution in [0.3, 0.4) is 0 Å². The summed E-state index contributed by atoms with van der Waals surface area (Å²) in [6.45, 7) is 1.92. The SMILES string of the molecule is Cc1nc(CNC(=O)c2cc(S)ccc2Br)no1. The molecule has 0 unspecified atom stereocenters.